The summed E-state index contributed by atoms with van der Waals surface area (Å²) in [6.45, 7) is 0. The van der Waals surface area contributed by atoms with Crippen molar-refractivity contribution in [2.45, 2.75) is 37.8 Å². The van der Waals surface area contributed by atoms with Gasteiger partial charge in [0.1, 0.15) is 10.9 Å². The summed E-state index contributed by atoms with van der Waals surface area (Å²) in [7, 11) is 0. The molecule has 3 amide bonds. The number of hydrogen-bond acceptors (Lipinski definition) is 6. The second kappa shape index (κ2) is 10.2. The summed E-state index contributed by atoms with van der Waals surface area (Å²) in [5.41, 5.74) is 12.2. The quantitative estimate of drug-likeness (QED) is 0.455. The number of primary amides is 1. The molecule has 0 unspecified atom stereocenters. The number of amides is 3. The minimum Gasteiger partial charge on any atom is -0.395 e. The Morgan fingerprint density at radius 3 is 2.29 bits per heavy atom. The van der Waals surface area contributed by atoms with Crippen LogP contribution < -0.4 is 21.7 Å². The van der Waals surface area contributed by atoms with Crippen LogP contribution in [-0.4, -0.2) is 28.1 Å². The van der Waals surface area contributed by atoms with Crippen molar-refractivity contribution in [3.8, 4) is 0 Å². The molecule has 1 atom stereocenters. The minimum absolute atomic E-state index is 0.0327. The largest absolute Gasteiger partial charge is 0.395 e. The lowest BCUT2D eigenvalue weighted by atomic mass is 10.0. The lowest BCUT2D eigenvalue weighted by Crippen LogP contribution is -2.46. The van der Waals surface area contributed by atoms with E-state index in [9.17, 15) is 14.4 Å². The third-order valence-electron chi connectivity index (χ3n) is 5.80. The summed E-state index contributed by atoms with van der Waals surface area (Å²) in [6.07, 6.45) is 3.88. The van der Waals surface area contributed by atoms with Crippen molar-refractivity contribution in [1.82, 2.24) is 9.69 Å². The second-order valence-electron chi connectivity index (χ2n) is 8.09. The Balaban J connectivity index is 1.82. The number of nitrogens with zero attached hydrogens (tertiary/aromatic N) is 2. The first kappa shape index (κ1) is 23.7. The number of nitrogen functional groups attached to an aromatic ring is 1. The second-order valence-corrected chi connectivity index (χ2v) is 9.30. The predicted octanol–water partition coefficient (Wildman–Crippen LogP) is 3.92. The Labute approximate surface area is 206 Å². The third kappa shape index (κ3) is 4.90. The summed E-state index contributed by atoms with van der Waals surface area (Å²) in [5, 5.41) is 3.61. The van der Waals surface area contributed by atoms with Crippen molar-refractivity contribution in [3.63, 3.8) is 0 Å². The number of hydrogen-bond donors (Lipinski definition) is 3. The number of benzene rings is 2. The number of carbonyl (C=O) groups is 3. The van der Waals surface area contributed by atoms with Crippen LogP contribution in [0.2, 0.25) is 5.02 Å². The number of carbonyl (C=O) groups excluding carboxylic acids is 3. The third-order valence-corrected chi connectivity index (χ3v) is 6.91. The molecule has 0 aliphatic heterocycles. The fourth-order valence-corrected chi connectivity index (χ4v) is 4.99. The van der Waals surface area contributed by atoms with E-state index in [0.717, 1.165) is 37.2 Å². The SMILES string of the molecule is NC(=O)c1nsc(C(=O)N(c2ccccc2)[C@H](C(=O)NC2CCCC2)c2ccc(Cl)cc2)c1N. The van der Waals surface area contributed by atoms with Crippen LogP contribution in [0.1, 0.15) is 57.4 Å². The average Bonchev–Trinajstić information content (AvgIpc) is 3.48. The van der Waals surface area contributed by atoms with Gasteiger partial charge in [0.25, 0.3) is 11.8 Å². The average molecular weight is 498 g/mol. The molecular formula is C24H24ClN5O3S. The highest BCUT2D eigenvalue weighted by Crippen LogP contribution is 2.34. The molecule has 1 aliphatic carbocycles. The van der Waals surface area contributed by atoms with Gasteiger partial charge in [-0.2, -0.15) is 4.37 Å². The Bertz CT molecular complexity index is 1190. The smallest absolute Gasteiger partial charge is 0.273 e. The number of halogens is 1. The number of aromatic nitrogens is 1. The molecule has 1 aliphatic rings. The zero-order valence-corrected chi connectivity index (χ0v) is 19.8. The van der Waals surface area contributed by atoms with Crippen LogP contribution in [0, 0.1) is 0 Å². The zero-order chi connectivity index (χ0) is 24.2. The number of nitrogens with two attached hydrogens (primary N) is 2. The molecule has 8 nitrogen and oxygen atoms in total. The van der Waals surface area contributed by atoms with E-state index in [-0.39, 0.29) is 28.2 Å². The molecule has 176 valence electrons. The van der Waals surface area contributed by atoms with E-state index in [0.29, 0.717) is 16.3 Å². The molecule has 1 aromatic heterocycles. The van der Waals surface area contributed by atoms with Gasteiger partial charge in [-0.3, -0.25) is 19.3 Å². The van der Waals surface area contributed by atoms with Gasteiger partial charge in [0, 0.05) is 16.8 Å². The van der Waals surface area contributed by atoms with E-state index in [1.165, 1.54) is 4.90 Å². The number of nitrogens with one attached hydrogen (secondary N) is 1. The van der Waals surface area contributed by atoms with Crippen molar-refractivity contribution in [2.24, 2.45) is 5.73 Å². The molecule has 0 radical (unpaired) electrons. The molecule has 3 aromatic rings. The Kier molecular flexibility index (Phi) is 7.14. The zero-order valence-electron chi connectivity index (χ0n) is 18.2. The molecule has 1 fully saturated rings. The number of rotatable bonds is 7. The van der Waals surface area contributed by atoms with Crippen LogP contribution in [0.15, 0.2) is 54.6 Å². The molecule has 10 heteroatoms. The highest BCUT2D eigenvalue weighted by atomic mass is 35.5. The molecule has 0 saturated heterocycles. The highest BCUT2D eigenvalue weighted by molar-refractivity contribution is 7.09. The molecular weight excluding hydrogens is 474 g/mol. The van der Waals surface area contributed by atoms with Gasteiger partial charge in [0.2, 0.25) is 5.91 Å². The molecule has 0 spiro atoms. The van der Waals surface area contributed by atoms with Crippen molar-refractivity contribution in [3.05, 3.63) is 75.8 Å². The van der Waals surface area contributed by atoms with E-state index in [2.05, 4.69) is 9.69 Å². The molecule has 2 aromatic carbocycles. The van der Waals surface area contributed by atoms with Crippen molar-refractivity contribution in [1.29, 1.82) is 0 Å². The minimum atomic E-state index is -1.01. The molecule has 5 N–H and O–H groups in total. The van der Waals surface area contributed by atoms with Gasteiger partial charge in [-0.25, -0.2) is 0 Å². The molecule has 34 heavy (non-hydrogen) atoms. The van der Waals surface area contributed by atoms with Crippen molar-refractivity contribution in [2.75, 3.05) is 10.6 Å². The maximum atomic E-state index is 13.9. The van der Waals surface area contributed by atoms with Crippen molar-refractivity contribution < 1.29 is 14.4 Å². The van der Waals surface area contributed by atoms with E-state index in [4.69, 9.17) is 23.1 Å². The van der Waals surface area contributed by atoms with E-state index in [1.807, 2.05) is 6.07 Å². The first-order chi connectivity index (χ1) is 16.4. The summed E-state index contributed by atoms with van der Waals surface area (Å²) in [5.74, 6) is -1.70. The topological polar surface area (TPSA) is 131 Å². The Morgan fingerprint density at radius 2 is 1.71 bits per heavy atom. The van der Waals surface area contributed by atoms with Crippen LogP contribution in [0.25, 0.3) is 0 Å². The van der Waals surface area contributed by atoms with Gasteiger partial charge in [-0.1, -0.05) is 54.8 Å². The van der Waals surface area contributed by atoms with Gasteiger partial charge in [0.15, 0.2) is 5.69 Å². The summed E-state index contributed by atoms with van der Waals surface area (Å²) >= 11 is 6.87. The maximum absolute atomic E-state index is 13.9. The fraction of sp³-hybridized carbons (Fsp3) is 0.250. The van der Waals surface area contributed by atoms with Crippen LogP contribution in [0.5, 0.6) is 0 Å². The summed E-state index contributed by atoms with van der Waals surface area (Å²) in [4.78, 5) is 40.6. The maximum Gasteiger partial charge on any atom is 0.273 e. The highest BCUT2D eigenvalue weighted by Gasteiger charge is 2.36. The van der Waals surface area contributed by atoms with Crippen LogP contribution in [0.3, 0.4) is 0 Å². The summed E-state index contributed by atoms with van der Waals surface area (Å²) < 4.78 is 3.96. The van der Waals surface area contributed by atoms with Crippen LogP contribution >= 0.6 is 23.1 Å². The van der Waals surface area contributed by atoms with Crippen LogP contribution in [0.4, 0.5) is 11.4 Å². The normalized spacial score (nSPS) is 14.5. The fourth-order valence-electron chi connectivity index (χ4n) is 4.12. The van der Waals surface area contributed by atoms with E-state index in [1.54, 1.807) is 48.5 Å². The van der Waals surface area contributed by atoms with Gasteiger partial charge in [-0.15, -0.1) is 0 Å². The lowest BCUT2D eigenvalue weighted by Gasteiger charge is -2.32. The van der Waals surface area contributed by atoms with Gasteiger partial charge in [-0.05, 0) is 54.2 Å². The predicted molar refractivity (Wildman–Crippen MR) is 133 cm³/mol. The number of para-hydroxylation sites is 1. The van der Waals surface area contributed by atoms with Gasteiger partial charge < -0.3 is 16.8 Å². The van der Waals surface area contributed by atoms with Gasteiger partial charge >= 0.3 is 0 Å². The Morgan fingerprint density at radius 1 is 1.06 bits per heavy atom. The number of anilines is 2. The monoisotopic (exact) mass is 497 g/mol. The Hall–Kier alpha value is -3.43. The molecule has 0 bridgehead atoms. The van der Waals surface area contributed by atoms with E-state index >= 15 is 0 Å². The molecule has 1 heterocycles. The summed E-state index contributed by atoms with van der Waals surface area (Å²) in [6, 6.07) is 14.6. The van der Waals surface area contributed by atoms with Gasteiger partial charge in [0.05, 0.1) is 5.69 Å². The first-order valence-electron chi connectivity index (χ1n) is 10.9. The standard InChI is InChI=1S/C24H24ClN5O3S/c25-15-12-10-14(11-13-15)20(23(32)28-16-6-4-5-7-16)30(17-8-2-1-3-9-17)24(33)21-18(26)19(22(27)31)29-34-21/h1-3,8-13,16,20H,4-7,26H2,(H2,27,31)(H,28,32)/t20-/m0/s1. The first-order valence-corrected chi connectivity index (χ1v) is 12.0. The van der Waals surface area contributed by atoms with Crippen LogP contribution in [-0.2, 0) is 4.79 Å². The molecule has 4 rings (SSSR count). The van der Waals surface area contributed by atoms with Crippen molar-refractivity contribution >= 4 is 52.2 Å². The van der Waals surface area contributed by atoms with E-state index < -0.39 is 17.9 Å². The molecule has 1 saturated carbocycles. The lowest BCUT2D eigenvalue weighted by molar-refractivity contribution is -0.123.